The van der Waals surface area contributed by atoms with Crippen molar-refractivity contribution in [2.75, 3.05) is 30.9 Å². The van der Waals surface area contributed by atoms with E-state index in [0.29, 0.717) is 6.54 Å². The number of hydrogen-bond donors (Lipinski definition) is 2. The number of aryl methyl sites for hydroxylation is 1. The van der Waals surface area contributed by atoms with E-state index >= 15 is 0 Å². The van der Waals surface area contributed by atoms with Gasteiger partial charge in [-0.05, 0) is 18.9 Å². The number of hydrogen-bond acceptors (Lipinski definition) is 5. The molecule has 2 aromatic heterocycles. The van der Waals surface area contributed by atoms with Crippen molar-refractivity contribution in [3.05, 3.63) is 50.4 Å². The second-order valence-electron chi connectivity index (χ2n) is 7.44. The molecule has 0 bridgehead atoms. The van der Waals surface area contributed by atoms with Crippen LogP contribution >= 0.6 is 0 Å². The van der Waals surface area contributed by atoms with Crippen molar-refractivity contribution in [1.29, 1.82) is 0 Å². The average molecular weight is 404 g/mol. The van der Waals surface area contributed by atoms with E-state index in [2.05, 4.69) is 4.98 Å². The van der Waals surface area contributed by atoms with Gasteiger partial charge in [-0.25, -0.2) is 4.79 Å². The summed E-state index contributed by atoms with van der Waals surface area (Å²) < 4.78 is 8.22. The van der Waals surface area contributed by atoms with E-state index in [9.17, 15) is 14.4 Å². The summed E-state index contributed by atoms with van der Waals surface area (Å²) in [6, 6.07) is 3.82. The number of pyridine rings is 1. The predicted molar refractivity (Wildman–Crippen MR) is 111 cm³/mol. The van der Waals surface area contributed by atoms with Crippen molar-refractivity contribution >= 4 is 17.4 Å². The summed E-state index contributed by atoms with van der Waals surface area (Å²) in [6.45, 7) is 8.45. The molecule has 29 heavy (non-hydrogen) atoms. The maximum Gasteiger partial charge on any atom is 0.330 e. The van der Waals surface area contributed by atoms with Crippen LogP contribution in [-0.4, -0.2) is 35.7 Å². The van der Waals surface area contributed by atoms with Gasteiger partial charge in [0.2, 0.25) is 6.54 Å². The van der Waals surface area contributed by atoms with Gasteiger partial charge < -0.3 is 10.5 Å². The van der Waals surface area contributed by atoms with Gasteiger partial charge in [-0.2, -0.15) is 4.57 Å². The van der Waals surface area contributed by atoms with Gasteiger partial charge in [-0.3, -0.25) is 24.0 Å². The molecular formula is C20H30N5O4+. The number of nitrogen functional groups attached to an aromatic ring is 1. The first-order chi connectivity index (χ1) is 13.7. The summed E-state index contributed by atoms with van der Waals surface area (Å²) in [6.07, 6.45) is 1.81. The van der Waals surface area contributed by atoms with Gasteiger partial charge in [-0.1, -0.05) is 13.8 Å². The van der Waals surface area contributed by atoms with Crippen molar-refractivity contribution in [2.45, 2.75) is 40.8 Å². The second kappa shape index (κ2) is 9.51. The zero-order chi connectivity index (χ0) is 21.7. The van der Waals surface area contributed by atoms with Gasteiger partial charge in [0.1, 0.15) is 5.82 Å². The fraction of sp³-hybridized carbons (Fsp3) is 0.500. The molecule has 0 saturated heterocycles. The number of aromatic nitrogens is 3. The largest absolute Gasteiger partial charge is 0.383 e. The Kier molecular flexibility index (Phi) is 7.33. The number of anilines is 2. The highest BCUT2D eigenvalue weighted by Crippen LogP contribution is 2.18. The molecule has 9 heteroatoms. The van der Waals surface area contributed by atoms with Crippen LogP contribution in [0.25, 0.3) is 0 Å². The monoisotopic (exact) mass is 404 g/mol. The molecule has 3 N–H and O–H groups in total. The molecule has 2 heterocycles. The van der Waals surface area contributed by atoms with Gasteiger partial charge in [-0.15, -0.1) is 0 Å². The average Bonchev–Trinajstić information content (AvgIpc) is 2.64. The smallest absolute Gasteiger partial charge is 0.330 e. The number of aromatic amines is 1. The maximum atomic E-state index is 13.2. The number of nitrogens with zero attached hydrogens (tertiary/aromatic N) is 3. The van der Waals surface area contributed by atoms with E-state index in [1.807, 2.05) is 50.6 Å². The maximum absolute atomic E-state index is 13.2. The SMILES string of the molecule is COCCN(C(=O)C[n+]1cccc(C)c1C)c1c(N)n(CC(C)C)c(=O)[nH]c1=O. The lowest BCUT2D eigenvalue weighted by Crippen LogP contribution is -2.50. The summed E-state index contributed by atoms with van der Waals surface area (Å²) in [5, 5.41) is 0. The zero-order valence-corrected chi connectivity index (χ0v) is 17.7. The second-order valence-corrected chi connectivity index (χ2v) is 7.44. The molecule has 1 amide bonds. The molecule has 158 valence electrons. The van der Waals surface area contributed by atoms with Crippen molar-refractivity contribution in [1.82, 2.24) is 9.55 Å². The van der Waals surface area contributed by atoms with Crippen molar-refractivity contribution in [2.24, 2.45) is 5.92 Å². The number of nitrogens with two attached hydrogens (primary N) is 1. The van der Waals surface area contributed by atoms with Gasteiger partial charge >= 0.3 is 5.69 Å². The van der Waals surface area contributed by atoms with E-state index in [0.717, 1.165) is 11.3 Å². The van der Waals surface area contributed by atoms with E-state index < -0.39 is 11.2 Å². The number of rotatable bonds is 8. The summed E-state index contributed by atoms with van der Waals surface area (Å²) >= 11 is 0. The Hall–Kier alpha value is -2.94. The lowest BCUT2D eigenvalue weighted by atomic mass is 10.2. The van der Waals surface area contributed by atoms with E-state index in [4.69, 9.17) is 10.5 Å². The predicted octanol–water partition coefficient (Wildman–Crippen LogP) is 0.359. The zero-order valence-electron chi connectivity index (χ0n) is 17.7. The molecule has 0 aliphatic heterocycles. The Morgan fingerprint density at radius 1 is 1.34 bits per heavy atom. The Balaban J connectivity index is 2.52. The first-order valence-corrected chi connectivity index (χ1v) is 9.54. The first kappa shape index (κ1) is 22.4. The summed E-state index contributed by atoms with van der Waals surface area (Å²) in [7, 11) is 1.51. The Bertz CT molecular complexity index is 993. The minimum absolute atomic E-state index is 0.0251. The topological polar surface area (TPSA) is 114 Å². The molecule has 0 aliphatic carbocycles. The van der Waals surface area contributed by atoms with E-state index in [-0.39, 0.29) is 43.0 Å². The van der Waals surface area contributed by atoms with Crippen LogP contribution in [0.15, 0.2) is 27.9 Å². The number of ether oxygens (including phenoxy) is 1. The molecule has 0 unspecified atom stereocenters. The summed E-state index contributed by atoms with van der Waals surface area (Å²) in [4.78, 5) is 41.5. The van der Waals surface area contributed by atoms with Crippen LogP contribution in [0, 0.1) is 19.8 Å². The van der Waals surface area contributed by atoms with Gasteiger partial charge in [0, 0.05) is 38.8 Å². The first-order valence-electron chi connectivity index (χ1n) is 9.54. The minimum Gasteiger partial charge on any atom is -0.383 e. The lowest BCUT2D eigenvalue weighted by molar-refractivity contribution is -0.690. The van der Waals surface area contributed by atoms with Crippen LogP contribution in [0.4, 0.5) is 11.5 Å². The lowest BCUT2D eigenvalue weighted by Gasteiger charge is -2.24. The number of H-pyrrole nitrogens is 1. The Labute approximate surface area is 169 Å². The molecule has 0 radical (unpaired) electrons. The highest BCUT2D eigenvalue weighted by atomic mass is 16.5. The number of methoxy groups -OCH3 is 1. The van der Waals surface area contributed by atoms with Crippen LogP contribution in [0.2, 0.25) is 0 Å². The molecule has 0 fully saturated rings. The Morgan fingerprint density at radius 3 is 2.66 bits per heavy atom. The fourth-order valence-corrected chi connectivity index (χ4v) is 3.08. The van der Waals surface area contributed by atoms with E-state index in [1.54, 1.807) is 0 Å². The number of amides is 1. The normalized spacial score (nSPS) is 11.1. The van der Waals surface area contributed by atoms with Crippen LogP contribution in [0.5, 0.6) is 0 Å². The van der Waals surface area contributed by atoms with Gasteiger partial charge in [0.05, 0.1) is 6.61 Å². The third kappa shape index (κ3) is 5.11. The van der Waals surface area contributed by atoms with Crippen molar-refractivity contribution in [3.63, 3.8) is 0 Å². The Morgan fingerprint density at radius 2 is 2.03 bits per heavy atom. The quantitative estimate of drug-likeness (QED) is 0.617. The fourth-order valence-electron chi connectivity index (χ4n) is 3.08. The van der Waals surface area contributed by atoms with Crippen LogP contribution in [0.3, 0.4) is 0 Å². The van der Waals surface area contributed by atoms with Crippen LogP contribution < -0.4 is 26.4 Å². The third-order valence-corrected chi connectivity index (χ3v) is 4.77. The molecule has 9 nitrogen and oxygen atoms in total. The van der Waals surface area contributed by atoms with Gasteiger partial charge in [0.15, 0.2) is 17.6 Å². The minimum atomic E-state index is -0.692. The molecule has 2 rings (SSSR count). The van der Waals surface area contributed by atoms with Crippen molar-refractivity contribution < 1.29 is 14.1 Å². The molecule has 0 aromatic carbocycles. The highest BCUT2D eigenvalue weighted by molar-refractivity contribution is 5.94. The van der Waals surface area contributed by atoms with Crippen LogP contribution in [0.1, 0.15) is 25.1 Å². The molecule has 0 spiro atoms. The molecule has 0 saturated carbocycles. The van der Waals surface area contributed by atoms with Crippen molar-refractivity contribution in [3.8, 4) is 0 Å². The molecule has 0 atom stereocenters. The highest BCUT2D eigenvalue weighted by Gasteiger charge is 2.27. The molecule has 2 aromatic rings. The number of carbonyl (C=O) groups excluding carboxylic acids is 1. The van der Waals surface area contributed by atoms with Gasteiger partial charge in [0.25, 0.3) is 11.5 Å². The number of carbonyl (C=O) groups is 1. The third-order valence-electron chi connectivity index (χ3n) is 4.77. The molecule has 0 aliphatic rings. The number of nitrogens with one attached hydrogen (secondary N) is 1. The van der Waals surface area contributed by atoms with E-state index in [1.165, 1.54) is 16.6 Å². The van der Waals surface area contributed by atoms with Crippen LogP contribution in [-0.2, 0) is 22.6 Å². The summed E-state index contributed by atoms with van der Waals surface area (Å²) in [5.41, 5.74) is 6.87. The molecular weight excluding hydrogens is 374 g/mol. The standard InChI is InChI=1S/C20H29N5O4/c1-13(2)11-25-18(21)17(19(27)22-20(25)28)24(9-10-29-5)16(26)12-23-8-6-7-14(3)15(23)4/h6-8,13H,9-12H2,1-5H3,(H2-,21,22,27,28)/p+1. The summed E-state index contributed by atoms with van der Waals surface area (Å²) in [5.74, 6) is -0.224.